The lowest BCUT2D eigenvalue weighted by Gasteiger charge is -2.09. The molecule has 0 saturated heterocycles. The summed E-state index contributed by atoms with van der Waals surface area (Å²) in [5.41, 5.74) is 1.73. The van der Waals surface area contributed by atoms with Gasteiger partial charge in [0.1, 0.15) is 5.71 Å². The molecule has 1 amide bonds. The number of aliphatic imine (C=N–C) groups is 1. The normalized spacial score (nSPS) is 16.5. The van der Waals surface area contributed by atoms with Crippen molar-refractivity contribution < 1.29 is 14.3 Å². The number of nitrogens with one attached hydrogen (secondary N) is 1. The number of carbonyl (C=O) groups excluding carboxylic acids is 2. The minimum Gasteiger partial charge on any atom is -0.420 e. The summed E-state index contributed by atoms with van der Waals surface area (Å²) in [6.07, 6.45) is 5.20. The SMILES string of the molecule is C#CC(=O)C1=NC(OC(=O)NCc2ccccc2)C=C1C. The van der Waals surface area contributed by atoms with Gasteiger partial charge in [0, 0.05) is 6.54 Å². The lowest BCUT2D eigenvalue weighted by atomic mass is 10.1. The van der Waals surface area contributed by atoms with Gasteiger partial charge in [-0.15, -0.1) is 6.42 Å². The quantitative estimate of drug-likeness (QED) is 0.677. The third kappa shape index (κ3) is 3.80. The summed E-state index contributed by atoms with van der Waals surface area (Å²) in [6.45, 7) is 2.05. The zero-order valence-electron chi connectivity index (χ0n) is 11.5. The minimum atomic E-state index is -0.812. The molecule has 0 spiro atoms. The molecule has 0 radical (unpaired) electrons. The topological polar surface area (TPSA) is 67.8 Å². The Balaban J connectivity index is 1.88. The van der Waals surface area contributed by atoms with Gasteiger partial charge in [-0.2, -0.15) is 0 Å². The molecule has 0 aliphatic carbocycles. The van der Waals surface area contributed by atoms with E-state index in [2.05, 4.69) is 10.3 Å². The summed E-state index contributed by atoms with van der Waals surface area (Å²) in [5.74, 6) is 1.48. The Hall–Kier alpha value is -2.87. The number of allylic oxidation sites excluding steroid dienone is 1. The van der Waals surface area contributed by atoms with Crippen molar-refractivity contribution in [1.29, 1.82) is 0 Å². The largest absolute Gasteiger partial charge is 0.420 e. The van der Waals surface area contributed by atoms with Crippen LogP contribution in [0.5, 0.6) is 0 Å². The third-order valence-electron chi connectivity index (χ3n) is 2.88. The van der Waals surface area contributed by atoms with Gasteiger partial charge in [-0.25, -0.2) is 9.79 Å². The number of hydrogen-bond acceptors (Lipinski definition) is 4. The van der Waals surface area contributed by atoms with Crippen LogP contribution in [0.4, 0.5) is 4.79 Å². The van der Waals surface area contributed by atoms with Crippen molar-refractivity contribution in [3.63, 3.8) is 0 Å². The highest BCUT2D eigenvalue weighted by atomic mass is 16.6. The van der Waals surface area contributed by atoms with Crippen molar-refractivity contribution in [3.05, 3.63) is 47.5 Å². The predicted molar refractivity (Wildman–Crippen MR) is 78.6 cm³/mol. The lowest BCUT2D eigenvalue weighted by molar-refractivity contribution is -0.108. The number of Topliss-reactive ketones (excluding diaryl/α,β-unsaturated/α-hetero) is 1. The highest BCUT2D eigenvalue weighted by Gasteiger charge is 2.23. The maximum Gasteiger partial charge on any atom is 0.409 e. The van der Waals surface area contributed by atoms with Gasteiger partial charge in [0.2, 0.25) is 6.23 Å². The number of nitrogens with zero attached hydrogens (tertiary/aromatic N) is 1. The number of amides is 1. The fourth-order valence-electron chi connectivity index (χ4n) is 1.85. The van der Waals surface area contributed by atoms with E-state index in [9.17, 15) is 9.59 Å². The Morgan fingerprint density at radius 3 is 2.76 bits per heavy atom. The zero-order valence-corrected chi connectivity index (χ0v) is 11.5. The summed E-state index contributed by atoms with van der Waals surface area (Å²) in [6, 6.07) is 9.44. The van der Waals surface area contributed by atoms with Crippen LogP contribution >= 0.6 is 0 Å². The molecule has 5 heteroatoms. The molecule has 0 saturated carbocycles. The number of alkyl carbamates (subject to hydrolysis) is 1. The zero-order chi connectivity index (χ0) is 15.2. The molecule has 1 aliphatic heterocycles. The van der Waals surface area contributed by atoms with Crippen LogP contribution in [0, 0.1) is 12.3 Å². The highest BCUT2D eigenvalue weighted by molar-refractivity contribution is 6.51. The highest BCUT2D eigenvalue weighted by Crippen LogP contribution is 2.14. The number of ketones is 1. The van der Waals surface area contributed by atoms with Crippen molar-refractivity contribution in [3.8, 4) is 12.3 Å². The van der Waals surface area contributed by atoms with Crippen LogP contribution in [-0.2, 0) is 16.1 Å². The average molecular weight is 282 g/mol. The van der Waals surface area contributed by atoms with E-state index in [0.717, 1.165) is 5.56 Å². The summed E-state index contributed by atoms with van der Waals surface area (Å²) in [4.78, 5) is 27.1. The Morgan fingerprint density at radius 1 is 1.38 bits per heavy atom. The number of terminal acetylenes is 1. The van der Waals surface area contributed by atoms with Gasteiger partial charge in [-0.3, -0.25) is 4.79 Å². The number of hydrogen-bond donors (Lipinski definition) is 1. The Labute approximate surface area is 122 Å². The first-order valence-corrected chi connectivity index (χ1v) is 6.36. The molecule has 0 aromatic heterocycles. The molecule has 1 N–H and O–H groups in total. The van der Waals surface area contributed by atoms with Gasteiger partial charge in [0.05, 0.1) is 0 Å². The van der Waals surface area contributed by atoms with Gasteiger partial charge in [-0.05, 0) is 30.1 Å². The van der Waals surface area contributed by atoms with Crippen molar-refractivity contribution in [1.82, 2.24) is 5.32 Å². The van der Waals surface area contributed by atoms with E-state index in [4.69, 9.17) is 11.2 Å². The number of ether oxygens (including phenoxy) is 1. The van der Waals surface area contributed by atoms with E-state index in [1.165, 1.54) is 0 Å². The van der Waals surface area contributed by atoms with Crippen LogP contribution in [0.3, 0.4) is 0 Å². The summed E-state index contributed by atoms with van der Waals surface area (Å²) in [5, 5.41) is 2.61. The molecule has 1 aliphatic rings. The van der Waals surface area contributed by atoms with Crippen molar-refractivity contribution >= 4 is 17.6 Å². The Bertz CT molecular complexity index is 654. The Morgan fingerprint density at radius 2 is 2.10 bits per heavy atom. The molecule has 1 unspecified atom stereocenters. The van der Waals surface area contributed by atoms with Crippen molar-refractivity contribution in [2.24, 2.45) is 4.99 Å². The first kappa shape index (κ1) is 14.5. The number of benzene rings is 1. The maximum absolute atomic E-state index is 11.7. The molecule has 21 heavy (non-hydrogen) atoms. The van der Waals surface area contributed by atoms with Crippen LogP contribution < -0.4 is 5.32 Å². The third-order valence-corrected chi connectivity index (χ3v) is 2.88. The number of carbonyl (C=O) groups is 2. The van der Waals surface area contributed by atoms with Gasteiger partial charge in [0.15, 0.2) is 0 Å². The van der Waals surface area contributed by atoms with Crippen LogP contribution in [-0.4, -0.2) is 23.8 Å². The van der Waals surface area contributed by atoms with Gasteiger partial charge >= 0.3 is 6.09 Å². The minimum absolute atomic E-state index is 0.165. The maximum atomic E-state index is 11.7. The molecule has 106 valence electrons. The first-order chi connectivity index (χ1) is 10.1. The fraction of sp³-hybridized carbons (Fsp3) is 0.188. The van der Waals surface area contributed by atoms with Crippen molar-refractivity contribution in [2.75, 3.05) is 0 Å². The second-order valence-corrected chi connectivity index (χ2v) is 4.44. The summed E-state index contributed by atoms with van der Waals surface area (Å²) >= 11 is 0. The molecule has 1 atom stereocenters. The molecule has 2 rings (SSSR count). The molecule has 1 heterocycles. The van der Waals surface area contributed by atoms with Crippen LogP contribution in [0.15, 0.2) is 47.0 Å². The van der Waals surface area contributed by atoms with Crippen LogP contribution in [0.1, 0.15) is 12.5 Å². The molecular weight excluding hydrogens is 268 g/mol. The Kier molecular flexibility index (Phi) is 4.52. The van der Waals surface area contributed by atoms with E-state index >= 15 is 0 Å². The molecule has 5 nitrogen and oxygen atoms in total. The van der Waals surface area contributed by atoms with E-state index in [0.29, 0.717) is 12.1 Å². The molecule has 1 aromatic rings. The number of rotatable bonds is 4. The fourth-order valence-corrected chi connectivity index (χ4v) is 1.85. The molecular formula is C16H14N2O3. The average Bonchev–Trinajstić information content (AvgIpc) is 2.86. The van der Waals surface area contributed by atoms with Gasteiger partial charge < -0.3 is 10.1 Å². The summed E-state index contributed by atoms with van der Waals surface area (Å²) in [7, 11) is 0. The van der Waals surface area contributed by atoms with Gasteiger partial charge in [-0.1, -0.05) is 30.3 Å². The lowest BCUT2D eigenvalue weighted by Crippen LogP contribution is -2.26. The van der Waals surface area contributed by atoms with E-state index in [1.54, 1.807) is 13.0 Å². The first-order valence-electron chi connectivity index (χ1n) is 6.36. The smallest absolute Gasteiger partial charge is 0.409 e. The standard InChI is InChI=1S/C16H14N2O3/c1-3-13(19)15-11(2)9-14(18-15)21-16(20)17-10-12-7-5-4-6-8-12/h1,4-9,14H,10H2,2H3,(H,17,20). The van der Waals surface area contributed by atoms with Crippen molar-refractivity contribution in [2.45, 2.75) is 19.7 Å². The van der Waals surface area contributed by atoms with Crippen LogP contribution in [0.25, 0.3) is 0 Å². The molecule has 0 fully saturated rings. The van der Waals surface area contributed by atoms with E-state index in [-0.39, 0.29) is 5.71 Å². The van der Waals surface area contributed by atoms with E-state index < -0.39 is 18.1 Å². The molecule has 1 aromatic carbocycles. The second kappa shape index (κ2) is 6.53. The van der Waals surface area contributed by atoms with Crippen LogP contribution in [0.2, 0.25) is 0 Å². The van der Waals surface area contributed by atoms with E-state index in [1.807, 2.05) is 36.3 Å². The summed E-state index contributed by atoms with van der Waals surface area (Å²) < 4.78 is 5.09. The monoisotopic (exact) mass is 282 g/mol. The molecule has 0 bridgehead atoms. The second-order valence-electron chi connectivity index (χ2n) is 4.44. The van der Waals surface area contributed by atoms with Gasteiger partial charge in [0.25, 0.3) is 5.78 Å². The predicted octanol–water partition coefficient (Wildman–Crippen LogP) is 1.84.